The minimum atomic E-state index is -0.554. The number of nitro groups is 1. The number of H-pyrrole nitrogens is 1. The number of rotatable bonds is 8. The van der Waals surface area contributed by atoms with Crippen LogP contribution in [-0.2, 0) is 0 Å². The Labute approximate surface area is 120 Å². The van der Waals surface area contributed by atoms with Gasteiger partial charge in [0.15, 0.2) is 5.69 Å². The van der Waals surface area contributed by atoms with E-state index in [1.807, 2.05) is 0 Å². The molecular weight excluding hydrogens is 314 g/mol. The zero-order valence-corrected chi connectivity index (χ0v) is 12.4. The fourth-order valence-electron chi connectivity index (χ4n) is 1.87. The zero-order valence-electron chi connectivity index (χ0n) is 10.8. The van der Waals surface area contributed by atoms with Gasteiger partial charge in [-0.1, -0.05) is 29.3 Å². The first-order valence-electron chi connectivity index (χ1n) is 6.26. The van der Waals surface area contributed by atoms with E-state index in [-0.39, 0.29) is 17.4 Å². The number of aromatic amines is 1. The summed E-state index contributed by atoms with van der Waals surface area (Å²) in [5.74, 6) is -0.0437. The van der Waals surface area contributed by atoms with Crippen LogP contribution >= 0.6 is 15.9 Å². The van der Waals surface area contributed by atoms with E-state index in [1.54, 1.807) is 0 Å². The molecule has 1 atom stereocenters. The standard InChI is InChI=1S/C12H18BrN3O3/c1-2-3-9(6-7-13)8-14-12(17)10-4-5-11(15-10)16(18)19/h4-5,9,15H,2-3,6-8H2,1H3,(H,14,17). The molecule has 1 rings (SSSR count). The van der Waals surface area contributed by atoms with Crippen LogP contribution in [0.4, 0.5) is 5.82 Å². The summed E-state index contributed by atoms with van der Waals surface area (Å²) in [6, 6.07) is 2.71. The Balaban J connectivity index is 2.51. The van der Waals surface area contributed by atoms with Crippen LogP contribution < -0.4 is 5.32 Å². The summed E-state index contributed by atoms with van der Waals surface area (Å²) in [5.41, 5.74) is 0.223. The fraction of sp³-hybridized carbons (Fsp3) is 0.583. The molecule has 0 bridgehead atoms. The third-order valence-corrected chi connectivity index (χ3v) is 3.34. The van der Waals surface area contributed by atoms with Gasteiger partial charge in [0.25, 0.3) is 5.91 Å². The van der Waals surface area contributed by atoms with Gasteiger partial charge in [-0.2, -0.15) is 0 Å². The molecule has 1 aromatic rings. The summed E-state index contributed by atoms with van der Waals surface area (Å²) in [4.78, 5) is 24.3. The molecule has 0 aromatic carbocycles. The molecule has 1 aromatic heterocycles. The van der Waals surface area contributed by atoms with Gasteiger partial charge in [-0.3, -0.25) is 4.79 Å². The van der Waals surface area contributed by atoms with Crippen LogP contribution in [0.5, 0.6) is 0 Å². The number of nitrogens with zero attached hydrogens (tertiary/aromatic N) is 1. The average Bonchev–Trinajstić information content (AvgIpc) is 2.86. The minimum absolute atomic E-state index is 0.171. The van der Waals surface area contributed by atoms with E-state index >= 15 is 0 Å². The third kappa shape index (κ3) is 5.02. The van der Waals surface area contributed by atoms with Gasteiger partial charge in [-0.25, -0.2) is 4.98 Å². The predicted octanol–water partition coefficient (Wildman–Crippen LogP) is 2.85. The molecule has 1 unspecified atom stereocenters. The molecule has 0 aliphatic carbocycles. The SMILES string of the molecule is CCCC(CCBr)CNC(=O)c1ccc([N+](=O)[O-])[nH]1. The molecule has 1 heterocycles. The van der Waals surface area contributed by atoms with Crippen molar-refractivity contribution in [1.29, 1.82) is 0 Å². The number of nitrogens with one attached hydrogen (secondary N) is 2. The maximum atomic E-state index is 11.8. The highest BCUT2D eigenvalue weighted by molar-refractivity contribution is 9.09. The fourth-order valence-corrected chi connectivity index (χ4v) is 2.51. The lowest BCUT2D eigenvalue weighted by atomic mass is 10.0. The van der Waals surface area contributed by atoms with Crippen LogP contribution in [-0.4, -0.2) is 27.7 Å². The summed E-state index contributed by atoms with van der Waals surface area (Å²) in [5, 5.41) is 14.2. The van der Waals surface area contributed by atoms with E-state index in [9.17, 15) is 14.9 Å². The molecule has 0 spiro atoms. The van der Waals surface area contributed by atoms with Crippen molar-refractivity contribution in [1.82, 2.24) is 10.3 Å². The molecular formula is C12H18BrN3O3. The van der Waals surface area contributed by atoms with Crippen molar-refractivity contribution in [2.45, 2.75) is 26.2 Å². The molecule has 0 radical (unpaired) electrons. The van der Waals surface area contributed by atoms with Gasteiger partial charge < -0.3 is 15.4 Å². The topological polar surface area (TPSA) is 88.0 Å². The Morgan fingerprint density at radius 1 is 1.53 bits per heavy atom. The highest BCUT2D eigenvalue weighted by Crippen LogP contribution is 2.13. The Morgan fingerprint density at radius 2 is 2.26 bits per heavy atom. The van der Waals surface area contributed by atoms with Gasteiger partial charge in [-0.05, 0) is 29.7 Å². The van der Waals surface area contributed by atoms with Crippen molar-refractivity contribution in [2.24, 2.45) is 5.92 Å². The first-order valence-corrected chi connectivity index (χ1v) is 7.38. The van der Waals surface area contributed by atoms with Crippen molar-refractivity contribution in [3.8, 4) is 0 Å². The van der Waals surface area contributed by atoms with Gasteiger partial charge in [0.2, 0.25) is 0 Å². The van der Waals surface area contributed by atoms with Crippen molar-refractivity contribution in [3.63, 3.8) is 0 Å². The average molecular weight is 332 g/mol. The molecule has 0 aliphatic rings. The number of halogens is 1. The molecule has 0 saturated carbocycles. The lowest BCUT2D eigenvalue weighted by Gasteiger charge is -2.14. The van der Waals surface area contributed by atoms with Gasteiger partial charge >= 0.3 is 5.82 Å². The summed E-state index contributed by atoms with van der Waals surface area (Å²) in [6.07, 6.45) is 3.12. The van der Waals surface area contributed by atoms with Crippen molar-refractivity contribution in [3.05, 3.63) is 27.9 Å². The van der Waals surface area contributed by atoms with Crippen molar-refractivity contribution in [2.75, 3.05) is 11.9 Å². The Kier molecular flexibility index (Phi) is 6.55. The Hall–Kier alpha value is -1.37. The maximum absolute atomic E-state index is 11.8. The molecule has 7 heteroatoms. The van der Waals surface area contributed by atoms with Gasteiger partial charge in [0.05, 0.1) is 0 Å². The summed E-state index contributed by atoms with van der Waals surface area (Å²) < 4.78 is 0. The second-order valence-corrected chi connectivity index (χ2v) is 5.15. The molecule has 0 saturated heterocycles. The first kappa shape index (κ1) is 15.7. The van der Waals surface area contributed by atoms with E-state index in [0.717, 1.165) is 24.6 Å². The molecule has 2 N–H and O–H groups in total. The number of carbonyl (C=O) groups is 1. The lowest BCUT2D eigenvalue weighted by Crippen LogP contribution is -2.29. The first-order chi connectivity index (χ1) is 9.08. The molecule has 6 nitrogen and oxygen atoms in total. The number of amides is 1. The normalized spacial score (nSPS) is 12.1. The lowest BCUT2D eigenvalue weighted by molar-refractivity contribution is -0.389. The van der Waals surface area contributed by atoms with E-state index in [4.69, 9.17) is 0 Å². The largest absolute Gasteiger partial charge is 0.358 e. The van der Waals surface area contributed by atoms with E-state index in [0.29, 0.717) is 12.5 Å². The quantitative estimate of drug-likeness (QED) is 0.436. The van der Waals surface area contributed by atoms with E-state index in [2.05, 4.69) is 33.2 Å². The van der Waals surface area contributed by atoms with Crippen LogP contribution in [0.2, 0.25) is 0 Å². The third-order valence-electron chi connectivity index (χ3n) is 2.88. The van der Waals surface area contributed by atoms with Gasteiger partial charge in [0, 0.05) is 17.9 Å². The predicted molar refractivity (Wildman–Crippen MR) is 76.6 cm³/mol. The van der Waals surface area contributed by atoms with Gasteiger partial charge in [-0.15, -0.1) is 0 Å². The van der Waals surface area contributed by atoms with E-state index in [1.165, 1.54) is 12.1 Å². The number of carbonyl (C=O) groups excluding carboxylic acids is 1. The second-order valence-electron chi connectivity index (χ2n) is 4.36. The van der Waals surface area contributed by atoms with Crippen LogP contribution in [0.15, 0.2) is 12.1 Å². The Bertz CT molecular complexity index is 428. The monoisotopic (exact) mass is 331 g/mol. The molecule has 0 fully saturated rings. The summed E-state index contributed by atoms with van der Waals surface area (Å²) >= 11 is 3.40. The van der Waals surface area contributed by atoms with Crippen LogP contribution in [0, 0.1) is 16.0 Å². The second kappa shape index (κ2) is 7.93. The van der Waals surface area contributed by atoms with Crippen LogP contribution in [0.1, 0.15) is 36.7 Å². The summed E-state index contributed by atoms with van der Waals surface area (Å²) in [6.45, 7) is 2.70. The smallest absolute Gasteiger partial charge is 0.321 e. The van der Waals surface area contributed by atoms with Crippen molar-refractivity contribution >= 4 is 27.7 Å². The molecule has 1 amide bonds. The highest BCUT2D eigenvalue weighted by Gasteiger charge is 2.16. The van der Waals surface area contributed by atoms with Crippen LogP contribution in [0.3, 0.4) is 0 Å². The Morgan fingerprint density at radius 3 is 2.79 bits per heavy atom. The number of aromatic nitrogens is 1. The molecule has 0 aliphatic heterocycles. The van der Waals surface area contributed by atoms with Crippen molar-refractivity contribution < 1.29 is 9.72 Å². The number of hydrogen-bond acceptors (Lipinski definition) is 3. The van der Waals surface area contributed by atoms with Gasteiger partial charge in [0.1, 0.15) is 0 Å². The van der Waals surface area contributed by atoms with Crippen LogP contribution in [0.25, 0.3) is 0 Å². The maximum Gasteiger partial charge on any atom is 0.321 e. The minimum Gasteiger partial charge on any atom is -0.358 e. The number of alkyl halides is 1. The highest BCUT2D eigenvalue weighted by atomic mass is 79.9. The number of hydrogen-bond donors (Lipinski definition) is 2. The zero-order chi connectivity index (χ0) is 14.3. The summed E-state index contributed by atoms with van der Waals surface area (Å²) in [7, 11) is 0. The molecule has 106 valence electrons. The van der Waals surface area contributed by atoms with E-state index < -0.39 is 4.92 Å². The molecule has 19 heavy (non-hydrogen) atoms.